The molecule has 2 amide bonds. The van der Waals surface area contributed by atoms with Gasteiger partial charge >= 0.3 is 6.03 Å². The summed E-state index contributed by atoms with van der Waals surface area (Å²) in [7, 11) is -3.19. The van der Waals surface area contributed by atoms with Gasteiger partial charge < -0.3 is 10.2 Å². The Kier molecular flexibility index (Phi) is 6.95. The quantitative estimate of drug-likeness (QED) is 0.822. The summed E-state index contributed by atoms with van der Waals surface area (Å²) in [5.41, 5.74) is 2.69. The Hall–Kier alpha value is -1.64. The van der Waals surface area contributed by atoms with Crippen LogP contribution in [0.25, 0.3) is 0 Å². The van der Waals surface area contributed by atoms with Gasteiger partial charge in [0.2, 0.25) is 10.0 Å². The lowest BCUT2D eigenvalue weighted by Gasteiger charge is -2.34. The normalized spacial score (nSPS) is 20.7. The molecule has 7 nitrogen and oxygen atoms in total. The molecule has 0 spiro atoms. The van der Waals surface area contributed by atoms with Crippen molar-refractivity contribution in [3.05, 3.63) is 35.4 Å². The molecule has 2 aliphatic heterocycles. The van der Waals surface area contributed by atoms with E-state index < -0.39 is 10.0 Å². The fourth-order valence-electron chi connectivity index (χ4n) is 3.96. The van der Waals surface area contributed by atoms with Crippen molar-refractivity contribution in [2.24, 2.45) is 0 Å². The van der Waals surface area contributed by atoms with Gasteiger partial charge in [0.25, 0.3) is 0 Å². The second-order valence-electron chi connectivity index (χ2n) is 7.93. The maximum absolute atomic E-state index is 12.6. The molecule has 156 valence electrons. The number of piperidine rings is 1. The van der Waals surface area contributed by atoms with Gasteiger partial charge in [0, 0.05) is 51.9 Å². The smallest absolute Gasteiger partial charge is 0.317 e. The molecule has 2 fully saturated rings. The number of rotatable bonds is 4. The van der Waals surface area contributed by atoms with Gasteiger partial charge in [0.15, 0.2) is 0 Å². The highest BCUT2D eigenvalue weighted by Gasteiger charge is 2.26. The second-order valence-corrected chi connectivity index (χ2v) is 9.91. The van der Waals surface area contributed by atoms with Crippen molar-refractivity contribution >= 4 is 16.1 Å². The lowest BCUT2D eigenvalue weighted by molar-refractivity contribution is 0.170. The summed E-state index contributed by atoms with van der Waals surface area (Å²) >= 11 is 0. The van der Waals surface area contributed by atoms with E-state index in [-0.39, 0.29) is 12.1 Å². The number of nitrogens with zero attached hydrogens (tertiary/aromatic N) is 3. The largest absolute Gasteiger partial charge is 0.335 e. The average Bonchev–Trinajstić information content (AvgIpc) is 2.91. The topological polar surface area (TPSA) is 73.0 Å². The van der Waals surface area contributed by atoms with Crippen LogP contribution in [-0.4, -0.2) is 80.1 Å². The Balaban J connectivity index is 1.44. The molecule has 0 bridgehead atoms. The van der Waals surface area contributed by atoms with Crippen LogP contribution in [0.15, 0.2) is 24.3 Å². The molecule has 1 aromatic rings. The van der Waals surface area contributed by atoms with E-state index in [1.807, 2.05) is 0 Å². The Morgan fingerprint density at radius 2 is 1.79 bits per heavy atom. The van der Waals surface area contributed by atoms with Crippen LogP contribution in [0, 0.1) is 6.92 Å². The first kappa shape index (κ1) is 21.1. The highest BCUT2D eigenvalue weighted by molar-refractivity contribution is 7.88. The number of amides is 2. The van der Waals surface area contributed by atoms with Crippen LogP contribution in [0.5, 0.6) is 0 Å². The molecule has 0 saturated carbocycles. The Bertz CT molecular complexity index is 775. The molecule has 0 unspecified atom stereocenters. The Labute approximate surface area is 168 Å². The molecule has 0 atom stereocenters. The summed E-state index contributed by atoms with van der Waals surface area (Å²) < 4.78 is 24.9. The van der Waals surface area contributed by atoms with Crippen LogP contribution in [0.4, 0.5) is 4.79 Å². The van der Waals surface area contributed by atoms with E-state index in [0.717, 1.165) is 32.5 Å². The number of likely N-dealkylation sites (tertiary alicyclic amines) is 1. The number of aryl methyl sites for hydroxylation is 1. The van der Waals surface area contributed by atoms with Gasteiger partial charge in [0.1, 0.15) is 0 Å². The summed E-state index contributed by atoms with van der Waals surface area (Å²) in [6.07, 6.45) is 3.80. The van der Waals surface area contributed by atoms with Gasteiger partial charge in [-0.15, -0.1) is 0 Å². The van der Waals surface area contributed by atoms with Crippen molar-refractivity contribution in [1.82, 2.24) is 19.4 Å². The number of urea groups is 1. The number of nitrogens with one attached hydrogen (secondary N) is 1. The first-order chi connectivity index (χ1) is 13.3. The van der Waals surface area contributed by atoms with Gasteiger partial charge in [-0.2, -0.15) is 0 Å². The van der Waals surface area contributed by atoms with Crippen LogP contribution in [0.1, 0.15) is 30.4 Å². The summed E-state index contributed by atoms with van der Waals surface area (Å²) in [6, 6.07) is 8.61. The lowest BCUT2D eigenvalue weighted by Crippen LogP contribution is -2.50. The fourth-order valence-corrected chi connectivity index (χ4v) is 4.83. The van der Waals surface area contributed by atoms with Crippen molar-refractivity contribution in [1.29, 1.82) is 0 Å². The van der Waals surface area contributed by atoms with Crippen LogP contribution >= 0.6 is 0 Å². The molecule has 1 aromatic carbocycles. The van der Waals surface area contributed by atoms with E-state index in [9.17, 15) is 13.2 Å². The van der Waals surface area contributed by atoms with Gasteiger partial charge in [-0.25, -0.2) is 17.5 Å². The van der Waals surface area contributed by atoms with Crippen LogP contribution in [-0.2, 0) is 16.6 Å². The van der Waals surface area contributed by atoms with Crippen LogP contribution < -0.4 is 5.32 Å². The van der Waals surface area contributed by atoms with Crippen LogP contribution in [0.3, 0.4) is 0 Å². The van der Waals surface area contributed by atoms with E-state index in [0.29, 0.717) is 32.6 Å². The molecule has 0 aromatic heterocycles. The first-order valence-corrected chi connectivity index (χ1v) is 11.9. The summed E-state index contributed by atoms with van der Waals surface area (Å²) in [6.45, 7) is 6.97. The second kappa shape index (κ2) is 9.24. The van der Waals surface area contributed by atoms with E-state index in [2.05, 4.69) is 41.4 Å². The minimum atomic E-state index is -3.19. The van der Waals surface area contributed by atoms with Gasteiger partial charge in [-0.05, 0) is 37.3 Å². The molecular formula is C20H32N4O3S. The number of hydrogen-bond acceptors (Lipinski definition) is 4. The van der Waals surface area contributed by atoms with Crippen molar-refractivity contribution < 1.29 is 13.2 Å². The van der Waals surface area contributed by atoms with Crippen LogP contribution in [0.2, 0.25) is 0 Å². The van der Waals surface area contributed by atoms with E-state index in [1.165, 1.54) is 21.7 Å². The Morgan fingerprint density at radius 1 is 1.07 bits per heavy atom. The molecule has 28 heavy (non-hydrogen) atoms. The number of hydrogen-bond donors (Lipinski definition) is 1. The predicted octanol–water partition coefficient (Wildman–Crippen LogP) is 1.64. The number of sulfonamides is 1. The zero-order valence-electron chi connectivity index (χ0n) is 16.9. The van der Waals surface area contributed by atoms with Crippen molar-refractivity contribution in [2.75, 3.05) is 45.5 Å². The van der Waals surface area contributed by atoms with E-state index >= 15 is 0 Å². The summed E-state index contributed by atoms with van der Waals surface area (Å²) in [4.78, 5) is 16.8. The highest BCUT2D eigenvalue weighted by Crippen LogP contribution is 2.16. The molecular weight excluding hydrogens is 376 g/mol. The minimum Gasteiger partial charge on any atom is -0.335 e. The van der Waals surface area contributed by atoms with Gasteiger partial charge in [-0.1, -0.05) is 24.3 Å². The standard InChI is InChI=1S/C20H32N4O3S/c1-17-6-3-4-7-18(17)16-22-12-8-19(9-13-22)21-20(25)23-10-5-11-24(15-14-23)28(2,26)27/h3-4,6-7,19H,5,8-16H2,1-2H3,(H,21,25). The Morgan fingerprint density at radius 3 is 2.46 bits per heavy atom. The monoisotopic (exact) mass is 408 g/mol. The van der Waals surface area contributed by atoms with Crippen molar-refractivity contribution in [2.45, 2.75) is 38.8 Å². The molecule has 2 saturated heterocycles. The molecule has 2 heterocycles. The number of carbonyl (C=O) groups excluding carboxylic acids is 1. The fraction of sp³-hybridized carbons (Fsp3) is 0.650. The zero-order chi connectivity index (χ0) is 20.1. The average molecular weight is 409 g/mol. The minimum absolute atomic E-state index is 0.0623. The first-order valence-electron chi connectivity index (χ1n) is 10.1. The predicted molar refractivity (Wildman–Crippen MR) is 111 cm³/mol. The lowest BCUT2D eigenvalue weighted by atomic mass is 10.0. The maximum Gasteiger partial charge on any atom is 0.317 e. The zero-order valence-corrected chi connectivity index (χ0v) is 17.7. The third kappa shape index (κ3) is 5.68. The summed E-state index contributed by atoms with van der Waals surface area (Å²) in [5, 5.41) is 3.16. The van der Waals surface area contributed by atoms with Crippen molar-refractivity contribution in [3.8, 4) is 0 Å². The SMILES string of the molecule is Cc1ccccc1CN1CCC(NC(=O)N2CCCN(S(C)(=O)=O)CC2)CC1. The molecule has 0 aliphatic carbocycles. The number of benzene rings is 1. The summed E-state index contributed by atoms with van der Waals surface area (Å²) in [5.74, 6) is 0. The van der Waals surface area contributed by atoms with Crippen molar-refractivity contribution in [3.63, 3.8) is 0 Å². The molecule has 2 aliphatic rings. The molecule has 3 rings (SSSR count). The van der Waals surface area contributed by atoms with E-state index in [1.54, 1.807) is 4.90 Å². The maximum atomic E-state index is 12.6. The molecule has 8 heteroatoms. The third-order valence-electron chi connectivity index (χ3n) is 5.78. The highest BCUT2D eigenvalue weighted by atomic mass is 32.2. The number of carbonyl (C=O) groups is 1. The van der Waals surface area contributed by atoms with E-state index in [4.69, 9.17) is 0 Å². The third-order valence-corrected chi connectivity index (χ3v) is 7.08. The molecule has 0 radical (unpaired) electrons. The van der Waals surface area contributed by atoms with Gasteiger partial charge in [-0.3, -0.25) is 4.90 Å². The molecule has 1 N–H and O–H groups in total. The van der Waals surface area contributed by atoms with Gasteiger partial charge in [0.05, 0.1) is 6.26 Å².